The molecule has 0 aliphatic carbocycles. The molecular weight excluding hydrogens is 392 g/mol. The van der Waals surface area contributed by atoms with Gasteiger partial charge >= 0.3 is 0 Å². The van der Waals surface area contributed by atoms with Crippen LogP contribution in [0.1, 0.15) is 55.1 Å². The molecule has 1 aliphatic heterocycles. The van der Waals surface area contributed by atoms with Gasteiger partial charge in [0.2, 0.25) is 5.91 Å². The van der Waals surface area contributed by atoms with E-state index in [0.717, 1.165) is 16.9 Å². The van der Waals surface area contributed by atoms with Crippen molar-refractivity contribution >= 4 is 11.8 Å². The van der Waals surface area contributed by atoms with E-state index in [4.69, 9.17) is 15.2 Å². The Hall–Kier alpha value is -3.02. The highest BCUT2D eigenvalue weighted by Gasteiger charge is 2.27. The molecule has 6 heteroatoms. The van der Waals surface area contributed by atoms with Crippen LogP contribution in [0.2, 0.25) is 0 Å². The summed E-state index contributed by atoms with van der Waals surface area (Å²) in [7, 11) is 1.61. The number of carbonyl (C=O) groups excluding carboxylic acids is 2. The molecule has 0 spiro atoms. The molecule has 31 heavy (non-hydrogen) atoms. The van der Waals surface area contributed by atoms with Gasteiger partial charge in [-0.15, -0.1) is 0 Å². The Labute approximate surface area is 184 Å². The number of primary amides is 1. The monoisotopic (exact) mass is 424 g/mol. The third-order valence-corrected chi connectivity index (χ3v) is 5.79. The summed E-state index contributed by atoms with van der Waals surface area (Å²) in [6.07, 6.45) is 1.22. The van der Waals surface area contributed by atoms with Crippen LogP contribution in [0, 0.1) is 5.92 Å². The summed E-state index contributed by atoms with van der Waals surface area (Å²) < 4.78 is 11.7. The molecule has 2 aromatic rings. The summed E-state index contributed by atoms with van der Waals surface area (Å²) >= 11 is 0. The summed E-state index contributed by atoms with van der Waals surface area (Å²) in [5.74, 6) is 1.01. The number of hydrogen-bond donors (Lipinski definition) is 1. The van der Waals surface area contributed by atoms with E-state index < -0.39 is 0 Å². The number of likely N-dealkylation sites (tertiary alicyclic amines) is 1. The third-order valence-electron chi connectivity index (χ3n) is 5.79. The molecule has 0 bridgehead atoms. The second kappa shape index (κ2) is 9.41. The molecule has 0 atom stereocenters. The Morgan fingerprint density at radius 2 is 1.74 bits per heavy atom. The zero-order valence-electron chi connectivity index (χ0n) is 18.8. The summed E-state index contributed by atoms with van der Waals surface area (Å²) in [4.78, 5) is 26.2. The molecule has 2 aromatic carbocycles. The highest BCUT2D eigenvalue weighted by molar-refractivity contribution is 5.94. The number of hydrogen-bond acceptors (Lipinski definition) is 4. The number of ether oxygens (including phenoxy) is 2. The van der Waals surface area contributed by atoms with E-state index in [9.17, 15) is 9.59 Å². The van der Waals surface area contributed by atoms with E-state index in [1.807, 2.05) is 24.3 Å². The van der Waals surface area contributed by atoms with Crippen LogP contribution in [0.15, 0.2) is 42.5 Å². The third kappa shape index (κ3) is 5.37. The molecule has 166 valence electrons. The van der Waals surface area contributed by atoms with Gasteiger partial charge in [0.15, 0.2) is 0 Å². The van der Waals surface area contributed by atoms with Gasteiger partial charge in [0.05, 0.1) is 7.11 Å². The fourth-order valence-electron chi connectivity index (χ4n) is 3.94. The largest absolute Gasteiger partial charge is 0.496 e. The van der Waals surface area contributed by atoms with Crippen molar-refractivity contribution in [3.63, 3.8) is 0 Å². The van der Waals surface area contributed by atoms with E-state index >= 15 is 0 Å². The predicted octanol–water partition coefficient (Wildman–Crippen LogP) is 3.91. The zero-order chi connectivity index (χ0) is 22.6. The fourth-order valence-corrected chi connectivity index (χ4v) is 3.94. The molecule has 3 rings (SSSR count). The Morgan fingerprint density at radius 3 is 2.35 bits per heavy atom. The van der Waals surface area contributed by atoms with Gasteiger partial charge in [-0.3, -0.25) is 9.59 Å². The van der Waals surface area contributed by atoms with Crippen molar-refractivity contribution in [2.24, 2.45) is 11.7 Å². The number of methoxy groups -OCH3 is 1. The van der Waals surface area contributed by atoms with Crippen LogP contribution >= 0.6 is 0 Å². The minimum atomic E-state index is -0.286. The van der Waals surface area contributed by atoms with E-state index in [1.54, 1.807) is 24.1 Å². The lowest BCUT2D eigenvalue weighted by Crippen LogP contribution is -2.41. The lowest BCUT2D eigenvalue weighted by molar-refractivity contribution is -0.123. The van der Waals surface area contributed by atoms with Gasteiger partial charge in [0, 0.05) is 30.1 Å². The summed E-state index contributed by atoms with van der Waals surface area (Å²) in [5.41, 5.74) is 7.87. The number of benzene rings is 2. The van der Waals surface area contributed by atoms with Crippen LogP contribution in [-0.2, 0) is 16.8 Å². The number of carbonyl (C=O) groups is 2. The highest BCUT2D eigenvalue weighted by Crippen LogP contribution is 2.32. The molecular formula is C25H32N2O4. The Balaban J connectivity index is 1.76. The van der Waals surface area contributed by atoms with Crippen LogP contribution in [0.5, 0.6) is 11.5 Å². The first-order valence-electron chi connectivity index (χ1n) is 10.7. The Morgan fingerprint density at radius 1 is 1.06 bits per heavy atom. The van der Waals surface area contributed by atoms with Gasteiger partial charge in [-0.25, -0.2) is 0 Å². The van der Waals surface area contributed by atoms with E-state index in [-0.39, 0.29) is 23.1 Å². The average molecular weight is 425 g/mol. The first-order chi connectivity index (χ1) is 14.7. The smallest absolute Gasteiger partial charge is 0.253 e. The predicted molar refractivity (Wildman–Crippen MR) is 120 cm³/mol. The van der Waals surface area contributed by atoms with Crippen LogP contribution in [0.25, 0.3) is 0 Å². The van der Waals surface area contributed by atoms with E-state index in [2.05, 4.69) is 26.8 Å². The molecule has 2 N–H and O–H groups in total. The SMILES string of the molecule is COc1ccc(C(=O)N2CCC(C(N)=O)CC2)cc1COc1ccccc1C(C)(C)C. The first kappa shape index (κ1) is 22.7. The van der Waals surface area contributed by atoms with Gasteiger partial charge in [-0.1, -0.05) is 39.0 Å². The van der Waals surface area contributed by atoms with Crippen LogP contribution in [-0.4, -0.2) is 36.9 Å². The van der Waals surface area contributed by atoms with Crippen molar-refractivity contribution in [1.29, 1.82) is 0 Å². The van der Waals surface area contributed by atoms with E-state index in [0.29, 0.717) is 43.9 Å². The lowest BCUT2D eigenvalue weighted by Gasteiger charge is -2.30. The van der Waals surface area contributed by atoms with Crippen LogP contribution in [0.3, 0.4) is 0 Å². The summed E-state index contributed by atoms with van der Waals surface area (Å²) in [6, 6.07) is 13.4. The normalized spacial score (nSPS) is 14.9. The number of piperidine rings is 1. The number of nitrogens with two attached hydrogens (primary N) is 1. The quantitative estimate of drug-likeness (QED) is 0.762. The molecule has 0 saturated carbocycles. The minimum absolute atomic E-state index is 0.0461. The zero-order valence-corrected chi connectivity index (χ0v) is 18.8. The Bertz CT molecular complexity index is 941. The lowest BCUT2D eigenvalue weighted by atomic mass is 9.86. The van der Waals surface area contributed by atoms with Gasteiger partial charge in [0.1, 0.15) is 18.1 Å². The van der Waals surface area contributed by atoms with Crippen molar-refractivity contribution in [2.45, 2.75) is 45.6 Å². The van der Waals surface area contributed by atoms with Gasteiger partial charge in [-0.05, 0) is 48.1 Å². The maximum atomic E-state index is 13.0. The number of rotatable bonds is 6. The van der Waals surface area contributed by atoms with Crippen molar-refractivity contribution in [3.05, 3.63) is 59.2 Å². The number of para-hydroxylation sites is 1. The van der Waals surface area contributed by atoms with Crippen molar-refractivity contribution in [1.82, 2.24) is 4.90 Å². The average Bonchev–Trinajstić information content (AvgIpc) is 2.76. The van der Waals surface area contributed by atoms with Gasteiger partial charge in [-0.2, -0.15) is 0 Å². The fraction of sp³-hybridized carbons (Fsp3) is 0.440. The maximum Gasteiger partial charge on any atom is 0.253 e. The van der Waals surface area contributed by atoms with E-state index in [1.165, 1.54) is 0 Å². The molecule has 0 unspecified atom stereocenters. The summed E-state index contributed by atoms with van der Waals surface area (Å²) in [6.45, 7) is 7.80. The Kier molecular flexibility index (Phi) is 6.88. The maximum absolute atomic E-state index is 13.0. The molecule has 2 amide bonds. The molecule has 6 nitrogen and oxygen atoms in total. The van der Waals surface area contributed by atoms with Crippen molar-refractivity contribution < 1.29 is 19.1 Å². The molecule has 1 aliphatic rings. The molecule has 1 saturated heterocycles. The molecule has 0 aromatic heterocycles. The van der Waals surface area contributed by atoms with Crippen molar-refractivity contribution in [3.8, 4) is 11.5 Å². The van der Waals surface area contributed by atoms with Gasteiger partial charge < -0.3 is 20.1 Å². The molecule has 1 fully saturated rings. The van der Waals surface area contributed by atoms with Gasteiger partial charge in [0.25, 0.3) is 5.91 Å². The topological polar surface area (TPSA) is 81.9 Å². The molecule has 0 radical (unpaired) electrons. The van der Waals surface area contributed by atoms with Crippen LogP contribution in [0.4, 0.5) is 0 Å². The minimum Gasteiger partial charge on any atom is -0.496 e. The highest BCUT2D eigenvalue weighted by atomic mass is 16.5. The molecule has 1 heterocycles. The second-order valence-corrected chi connectivity index (χ2v) is 9.03. The van der Waals surface area contributed by atoms with Crippen LogP contribution < -0.4 is 15.2 Å². The number of amides is 2. The number of nitrogens with zero attached hydrogens (tertiary/aromatic N) is 1. The summed E-state index contributed by atoms with van der Waals surface area (Å²) in [5, 5.41) is 0. The second-order valence-electron chi connectivity index (χ2n) is 9.03. The standard InChI is InChI=1S/C25H32N2O4/c1-25(2,3)20-7-5-6-8-22(20)31-16-19-15-18(9-10-21(19)30-4)24(29)27-13-11-17(12-14-27)23(26)28/h5-10,15,17H,11-14,16H2,1-4H3,(H2,26,28). The first-order valence-corrected chi connectivity index (χ1v) is 10.7. The van der Waals surface area contributed by atoms with Crippen molar-refractivity contribution in [2.75, 3.05) is 20.2 Å².